The van der Waals surface area contributed by atoms with Crippen LogP contribution in [-0.4, -0.2) is 38.0 Å². The summed E-state index contributed by atoms with van der Waals surface area (Å²) in [5.41, 5.74) is 0. The summed E-state index contributed by atoms with van der Waals surface area (Å²) >= 11 is 0. The minimum absolute atomic E-state index is 0. The minimum atomic E-state index is -0.0752. The monoisotopic (exact) mass is 265 g/mol. The van der Waals surface area contributed by atoms with E-state index >= 15 is 0 Å². The Hall–Kier alpha value is -0.810. The third kappa shape index (κ3) is 11.5. The van der Waals surface area contributed by atoms with Crippen molar-refractivity contribution < 1.29 is 9.59 Å². The minimum Gasteiger partial charge on any atom is -0.356 e. The van der Waals surface area contributed by atoms with Gasteiger partial charge in [-0.05, 0) is 20.4 Å². The van der Waals surface area contributed by atoms with Gasteiger partial charge in [0.05, 0.1) is 0 Å². The van der Waals surface area contributed by atoms with Crippen molar-refractivity contribution in [3.05, 3.63) is 0 Å². The molecule has 1 atom stereocenters. The van der Waals surface area contributed by atoms with Crippen molar-refractivity contribution >= 4 is 24.2 Å². The Balaban J connectivity index is 0. The molecule has 0 aliphatic carbocycles. The second-order valence-electron chi connectivity index (χ2n) is 3.84. The quantitative estimate of drug-likeness (QED) is 0.596. The van der Waals surface area contributed by atoms with Crippen LogP contribution in [0.3, 0.4) is 0 Å². The Kier molecular flexibility index (Phi) is 12.7. The number of halogens is 1. The maximum Gasteiger partial charge on any atom is 0.220 e. The number of nitrogens with one attached hydrogen (secondary N) is 3. The smallest absolute Gasteiger partial charge is 0.220 e. The highest BCUT2D eigenvalue weighted by Crippen LogP contribution is 1.89. The Bertz CT molecular complexity index is 225. The van der Waals surface area contributed by atoms with Crippen molar-refractivity contribution in [3.8, 4) is 0 Å². The van der Waals surface area contributed by atoms with Gasteiger partial charge in [-0.25, -0.2) is 0 Å². The van der Waals surface area contributed by atoms with Crippen LogP contribution in [-0.2, 0) is 9.59 Å². The van der Waals surface area contributed by atoms with Crippen LogP contribution >= 0.6 is 12.4 Å². The number of hydrogen-bond donors (Lipinski definition) is 3. The molecule has 0 bridgehead atoms. The molecule has 0 saturated heterocycles. The van der Waals surface area contributed by atoms with E-state index in [0.29, 0.717) is 13.1 Å². The predicted molar refractivity (Wildman–Crippen MR) is 71.3 cm³/mol. The van der Waals surface area contributed by atoms with Crippen molar-refractivity contribution in [3.63, 3.8) is 0 Å². The molecule has 102 valence electrons. The van der Waals surface area contributed by atoms with Gasteiger partial charge < -0.3 is 16.0 Å². The molecule has 0 aromatic heterocycles. The van der Waals surface area contributed by atoms with Gasteiger partial charge >= 0.3 is 0 Å². The van der Waals surface area contributed by atoms with Gasteiger partial charge in [0.25, 0.3) is 0 Å². The molecular formula is C11H24ClN3O2. The SMILES string of the molecule is CCCNC(=O)CCC(=O)NCC(C)NC.Cl. The summed E-state index contributed by atoms with van der Waals surface area (Å²) in [6.45, 7) is 5.24. The molecule has 0 spiro atoms. The fourth-order valence-corrected chi connectivity index (χ4v) is 1.04. The molecule has 0 rings (SSSR count). The molecule has 0 heterocycles. The number of carbonyl (C=O) groups excluding carboxylic acids is 2. The van der Waals surface area contributed by atoms with E-state index in [2.05, 4.69) is 16.0 Å². The maximum absolute atomic E-state index is 11.3. The summed E-state index contributed by atoms with van der Waals surface area (Å²) in [6, 6.07) is 0.248. The van der Waals surface area contributed by atoms with E-state index in [0.717, 1.165) is 6.42 Å². The Morgan fingerprint density at radius 3 is 2.12 bits per heavy atom. The molecule has 5 nitrogen and oxygen atoms in total. The summed E-state index contributed by atoms with van der Waals surface area (Å²) in [6.07, 6.45) is 1.43. The summed E-state index contributed by atoms with van der Waals surface area (Å²) in [5, 5.41) is 8.51. The summed E-state index contributed by atoms with van der Waals surface area (Å²) in [7, 11) is 1.84. The van der Waals surface area contributed by atoms with E-state index in [1.165, 1.54) is 0 Å². The van der Waals surface area contributed by atoms with Gasteiger partial charge in [0.2, 0.25) is 11.8 Å². The van der Waals surface area contributed by atoms with Crippen molar-refractivity contribution in [2.75, 3.05) is 20.1 Å². The maximum atomic E-state index is 11.3. The highest BCUT2D eigenvalue weighted by atomic mass is 35.5. The molecule has 0 saturated carbocycles. The van der Waals surface area contributed by atoms with Gasteiger partial charge in [0.1, 0.15) is 0 Å². The first-order valence-electron chi connectivity index (χ1n) is 5.80. The van der Waals surface area contributed by atoms with E-state index in [9.17, 15) is 9.59 Å². The Morgan fingerprint density at radius 2 is 1.65 bits per heavy atom. The van der Waals surface area contributed by atoms with Crippen molar-refractivity contribution in [1.82, 2.24) is 16.0 Å². The van der Waals surface area contributed by atoms with Crippen LogP contribution in [0.25, 0.3) is 0 Å². The molecule has 0 radical (unpaired) electrons. The van der Waals surface area contributed by atoms with Crippen LogP contribution in [0.15, 0.2) is 0 Å². The van der Waals surface area contributed by atoms with Crippen LogP contribution in [0.1, 0.15) is 33.1 Å². The standard InChI is InChI=1S/C11H23N3O2.ClH/c1-4-7-13-10(15)5-6-11(16)14-8-9(2)12-3;/h9,12H,4-8H2,1-3H3,(H,13,15)(H,14,16);1H. The first-order valence-corrected chi connectivity index (χ1v) is 5.80. The van der Waals surface area contributed by atoms with E-state index in [-0.39, 0.29) is 43.1 Å². The topological polar surface area (TPSA) is 70.2 Å². The van der Waals surface area contributed by atoms with Crippen LogP contribution in [0, 0.1) is 0 Å². The lowest BCUT2D eigenvalue weighted by Crippen LogP contribution is -2.37. The van der Waals surface area contributed by atoms with Gasteiger partial charge in [-0.2, -0.15) is 0 Å². The van der Waals surface area contributed by atoms with Crippen molar-refractivity contribution in [2.24, 2.45) is 0 Å². The normalized spacial score (nSPS) is 11.2. The molecule has 2 amide bonds. The number of hydrogen-bond acceptors (Lipinski definition) is 3. The molecular weight excluding hydrogens is 242 g/mol. The molecule has 0 fully saturated rings. The van der Waals surface area contributed by atoms with Crippen LogP contribution in [0.5, 0.6) is 0 Å². The second-order valence-corrected chi connectivity index (χ2v) is 3.84. The van der Waals surface area contributed by atoms with Gasteiger partial charge in [-0.15, -0.1) is 12.4 Å². The van der Waals surface area contributed by atoms with Gasteiger partial charge in [-0.3, -0.25) is 9.59 Å². The van der Waals surface area contributed by atoms with Gasteiger partial charge in [0.15, 0.2) is 0 Å². The predicted octanol–water partition coefficient (Wildman–Crippen LogP) is 0.439. The Labute approximate surface area is 110 Å². The zero-order valence-corrected chi connectivity index (χ0v) is 11.7. The molecule has 1 unspecified atom stereocenters. The zero-order chi connectivity index (χ0) is 12.4. The highest BCUT2D eigenvalue weighted by molar-refractivity contribution is 5.85. The summed E-state index contributed by atoms with van der Waals surface area (Å²) in [4.78, 5) is 22.5. The molecule has 0 aromatic carbocycles. The van der Waals surface area contributed by atoms with E-state index in [4.69, 9.17) is 0 Å². The van der Waals surface area contributed by atoms with E-state index in [1.54, 1.807) is 0 Å². The molecule has 6 heteroatoms. The third-order valence-electron chi connectivity index (χ3n) is 2.25. The zero-order valence-electron chi connectivity index (χ0n) is 10.8. The Morgan fingerprint density at radius 1 is 1.12 bits per heavy atom. The first-order chi connectivity index (χ1) is 7.60. The lowest BCUT2D eigenvalue weighted by atomic mass is 10.2. The van der Waals surface area contributed by atoms with Gasteiger partial charge in [-0.1, -0.05) is 6.92 Å². The van der Waals surface area contributed by atoms with Crippen LogP contribution < -0.4 is 16.0 Å². The van der Waals surface area contributed by atoms with Crippen molar-refractivity contribution in [1.29, 1.82) is 0 Å². The molecule has 0 aliphatic heterocycles. The van der Waals surface area contributed by atoms with Crippen LogP contribution in [0.2, 0.25) is 0 Å². The lowest BCUT2D eigenvalue weighted by molar-refractivity contribution is -0.126. The number of likely N-dealkylation sites (N-methyl/N-ethyl adjacent to an activating group) is 1. The van der Waals surface area contributed by atoms with Crippen molar-refractivity contribution in [2.45, 2.75) is 39.2 Å². The summed E-state index contributed by atoms with van der Waals surface area (Å²) < 4.78 is 0. The van der Waals surface area contributed by atoms with Gasteiger partial charge in [0, 0.05) is 32.0 Å². The first kappa shape index (κ1) is 18.6. The van der Waals surface area contributed by atoms with Crippen LogP contribution in [0.4, 0.5) is 0 Å². The lowest BCUT2D eigenvalue weighted by Gasteiger charge is -2.11. The largest absolute Gasteiger partial charge is 0.356 e. The number of rotatable bonds is 8. The number of amides is 2. The average Bonchev–Trinajstić information content (AvgIpc) is 2.30. The third-order valence-corrected chi connectivity index (χ3v) is 2.25. The highest BCUT2D eigenvalue weighted by Gasteiger charge is 2.06. The number of carbonyl (C=O) groups is 2. The molecule has 0 aromatic rings. The molecule has 3 N–H and O–H groups in total. The second kappa shape index (κ2) is 11.7. The fourth-order valence-electron chi connectivity index (χ4n) is 1.04. The van der Waals surface area contributed by atoms with E-state index in [1.807, 2.05) is 20.9 Å². The van der Waals surface area contributed by atoms with E-state index < -0.39 is 0 Å². The fraction of sp³-hybridized carbons (Fsp3) is 0.818. The molecule has 0 aliphatic rings. The molecule has 17 heavy (non-hydrogen) atoms. The average molecular weight is 266 g/mol. The summed E-state index contributed by atoms with van der Waals surface area (Å²) in [5.74, 6) is -0.132.